The number of methoxy groups -OCH3 is 2. The van der Waals surface area contributed by atoms with Crippen LogP contribution in [0.1, 0.15) is 17.3 Å². The number of amides is 1. The van der Waals surface area contributed by atoms with E-state index in [9.17, 15) is 4.79 Å². The van der Waals surface area contributed by atoms with Crippen LogP contribution in [0.15, 0.2) is 28.7 Å². The third-order valence-corrected chi connectivity index (χ3v) is 3.36. The molecule has 0 heterocycles. The summed E-state index contributed by atoms with van der Waals surface area (Å²) in [5.41, 5.74) is 0.669. The molecule has 0 aromatic heterocycles. The fourth-order valence-corrected chi connectivity index (χ4v) is 2.07. The molecule has 1 atom stereocenters. The highest BCUT2D eigenvalue weighted by molar-refractivity contribution is 9.10. The van der Waals surface area contributed by atoms with Gasteiger partial charge in [-0.1, -0.05) is 15.9 Å². The van der Waals surface area contributed by atoms with Gasteiger partial charge in [-0.15, -0.1) is 0 Å². The summed E-state index contributed by atoms with van der Waals surface area (Å²) in [5, 5.41) is 0. The molecule has 0 saturated heterocycles. The third-order valence-electron chi connectivity index (χ3n) is 2.83. The first kappa shape index (κ1) is 16.1. The molecule has 1 aromatic rings. The Kier molecular flexibility index (Phi) is 7.05. The van der Waals surface area contributed by atoms with Gasteiger partial charge in [0, 0.05) is 30.8 Å². The van der Waals surface area contributed by atoms with E-state index >= 15 is 0 Å². The number of benzene rings is 1. The maximum atomic E-state index is 12.5. The molecule has 0 aliphatic heterocycles. The molecule has 0 aliphatic carbocycles. The summed E-state index contributed by atoms with van der Waals surface area (Å²) >= 11 is 3.36. The van der Waals surface area contributed by atoms with E-state index in [2.05, 4.69) is 15.9 Å². The highest BCUT2D eigenvalue weighted by Crippen LogP contribution is 2.14. The minimum absolute atomic E-state index is 0.00546. The molecule has 1 unspecified atom stereocenters. The summed E-state index contributed by atoms with van der Waals surface area (Å²) in [5.74, 6) is -0.00546. The summed E-state index contributed by atoms with van der Waals surface area (Å²) in [6.45, 7) is 3.54. The monoisotopic (exact) mass is 329 g/mol. The van der Waals surface area contributed by atoms with Gasteiger partial charge >= 0.3 is 0 Å². The van der Waals surface area contributed by atoms with Crippen molar-refractivity contribution in [1.82, 2.24) is 4.90 Å². The minimum atomic E-state index is -0.00546. The lowest BCUT2D eigenvalue weighted by Gasteiger charge is -2.28. The van der Waals surface area contributed by atoms with Crippen molar-refractivity contribution in [3.05, 3.63) is 34.3 Å². The van der Waals surface area contributed by atoms with E-state index in [4.69, 9.17) is 9.47 Å². The van der Waals surface area contributed by atoms with Gasteiger partial charge in [0.25, 0.3) is 5.91 Å². The van der Waals surface area contributed by atoms with E-state index in [1.54, 1.807) is 19.1 Å². The Morgan fingerprint density at radius 1 is 1.26 bits per heavy atom. The molecule has 0 N–H and O–H groups in total. The number of halogens is 1. The van der Waals surface area contributed by atoms with Gasteiger partial charge in [0.2, 0.25) is 0 Å². The molecule has 0 radical (unpaired) electrons. The Bertz CT molecular complexity index is 394. The molecule has 0 saturated carbocycles. The Morgan fingerprint density at radius 3 is 2.42 bits per heavy atom. The topological polar surface area (TPSA) is 38.8 Å². The second-order valence-corrected chi connectivity index (χ2v) is 5.22. The molecule has 106 valence electrons. The van der Waals surface area contributed by atoms with Crippen LogP contribution in [-0.2, 0) is 9.47 Å². The molecule has 0 aliphatic rings. The molecule has 1 amide bonds. The Morgan fingerprint density at radius 2 is 1.89 bits per heavy atom. The Hall–Kier alpha value is -0.910. The van der Waals surface area contributed by atoms with Crippen molar-refractivity contribution >= 4 is 21.8 Å². The Labute approximate surface area is 122 Å². The molecular formula is C14H20BrNO3. The normalized spacial score (nSPS) is 12.2. The summed E-state index contributed by atoms with van der Waals surface area (Å²) in [4.78, 5) is 14.3. The second kappa shape index (κ2) is 8.30. The molecule has 4 nitrogen and oxygen atoms in total. The average Bonchev–Trinajstić information content (AvgIpc) is 2.40. The lowest BCUT2D eigenvalue weighted by Crippen LogP contribution is -2.43. The fraction of sp³-hybridized carbons (Fsp3) is 0.500. The molecule has 1 rings (SSSR count). The van der Waals surface area contributed by atoms with E-state index in [-0.39, 0.29) is 11.9 Å². The van der Waals surface area contributed by atoms with Gasteiger partial charge in [-0.3, -0.25) is 4.79 Å². The molecule has 19 heavy (non-hydrogen) atoms. The third kappa shape index (κ3) is 4.93. The first-order valence-corrected chi connectivity index (χ1v) is 6.93. The number of rotatable bonds is 7. The van der Waals surface area contributed by atoms with Crippen LogP contribution in [0, 0.1) is 0 Å². The standard InChI is InChI=1S/C14H20BrNO3/c1-11(10-19-3)16(8-9-18-2)14(17)12-4-6-13(15)7-5-12/h4-7,11H,8-10H2,1-3H3. The van der Waals surface area contributed by atoms with E-state index < -0.39 is 0 Å². The zero-order valence-electron chi connectivity index (χ0n) is 11.6. The first-order chi connectivity index (χ1) is 9.10. The van der Waals surface area contributed by atoms with E-state index in [1.165, 1.54) is 0 Å². The van der Waals surface area contributed by atoms with Gasteiger partial charge in [-0.05, 0) is 31.2 Å². The van der Waals surface area contributed by atoms with Crippen molar-refractivity contribution < 1.29 is 14.3 Å². The van der Waals surface area contributed by atoms with Crippen molar-refractivity contribution in [2.45, 2.75) is 13.0 Å². The first-order valence-electron chi connectivity index (χ1n) is 6.14. The van der Waals surface area contributed by atoms with Gasteiger partial charge in [0.1, 0.15) is 0 Å². The zero-order valence-corrected chi connectivity index (χ0v) is 13.1. The predicted molar refractivity (Wildman–Crippen MR) is 78.4 cm³/mol. The average molecular weight is 330 g/mol. The molecule has 0 fully saturated rings. The maximum absolute atomic E-state index is 12.5. The maximum Gasteiger partial charge on any atom is 0.254 e. The van der Waals surface area contributed by atoms with Gasteiger partial charge < -0.3 is 14.4 Å². The largest absolute Gasteiger partial charge is 0.383 e. The fourth-order valence-electron chi connectivity index (χ4n) is 1.80. The zero-order chi connectivity index (χ0) is 14.3. The smallest absolute Gasteiger partial charge is 0.254 e. The lowest BCUT2D eigenvalue weighted by molar-refractivity contribution is 0.0479. The van der Waals surface area contributed by atoms with Crippen molar-refractivity contribution in [3.8, 4) is 0 Å². The summed E-state index contributed by atoms with van der Waals surface area (Å²) in [6.07, 6.45) is 0. The number of hydrogen-bond acceptors (Lipinski definition) is 3. The quantitative estimate of drug-likeness (QED) is 0.771. The van der Waals surface area contributed by atoms with Crippen LogP contribution in [-0.4, -0.2) is 50.8 Å². The van der Waals surface area contributed by atoms with Crippen LogP contribution in [0.5, 0.6) is 0 Å². The van der Waals surface area contributed by atoms with Gasteiger partial charge in [-0.25, -0.2) is 0 Å². The number of carbonyl (C=O) groups is 1. The van der Waals surface area contributed by atoms with E-state index in [0.29, 0.717) is 25.3 Å². The van der Waals surface area contributed by atoms with Crippen molar-refractivity contribution in [3.63, 3.8) is 0 Å². The predicted octanol–water partition coefficient (Wildman–Crippen LogP) is 2.57. The van der Waals surface area contributed by atoms with Crippen LogP contribution < -0.4 is 0 Å². The molecule has 5 heteroatoms. The van der Waals surface area contributed by atoms with Crippen LogP contribution in [0.4, 0.5) is 0 Å². The van der Waals surface area contributed by atoms with Gasteiger partial charge in [0.05, 0.1) is 19.3 Å². The summed E-state index contributed by atoms with van der Waals surface area (Å²) < 4.78 is 11.1. The van der Waals surface area contributed by atoms with Crippen LogP contribution in [0.3, 0.4) is 0 Å². The number of nitrogens with zero attached hydrogens (tertiary/aromatic N) is 1. The molecule has 0 bridgehead atoms. The van der Waals surface area contributed by atoms with Crippen LogP contribution >= 0.6 is 15.9 Å². The number of carbonyl (C=O) groups excluding carboxylic acids is 1. The number of hydrogen-bond donors (Lipinski definition) is 0. The van der Waals surface area contributed by atoms with Crippen molar-refractivity contribution in [2.75, 3.05) is 34.0 Å². The van der Waals surface area contributed by atoms with Crippen molar-refractivity contribution in [2.24, 2.45) is 0 Å². The van der Waals surface area contributed by atoms with Gasteiger partial charge in [0.15, 0.2) is 0 Å². The molecular weight excluding hydrogens is 310 g/mol. The van der Waals surface area contributed by atoms with Crippen LogP contribution in [0.2, 0.25) is 0 Å². The van der Waals surface area contributed by atoms with E-state index in [1.807, 2.05) is 31.2 Å². The minimum Gasteiger partial charge on any atom is -0.383 e. The van der Waals surface area contributed by atoms with E-state index in [0.717, 1.165) is 4.47 Å². The molecule has 0 spiro atoms. The molecule has 1 aromatic carbocycles. The lowest BCUT2D eigenvalue weighted by atomic mass is 10.1. The highest BCUT2D eigenvalue weighted by atomic mass is 79.9. The summed E-state index contributed by atoms with van der Waals surface area (Å²) in [6, 6.07) is 7.36. The Balaban J connectivity index is 2.83. The highest BCUT2D eigenvalue weighted by Gasteiger charge is 2.21. The second-order valence-electron chi connectivity index (χ2n) is 4.30. The summed E-state index contributed by atoms with van der Waals surface area (Å²) in [7, 11) is 3.26. The SMILES string of the molecule is COCCN(C(=O)c1ccc(Br)cc1)C(C)COC. The van der Waals surface area contributed by atoms with Crippen molar-refractivity contribution in [1.29, 1.82) is 0 Å². The number of ether oxygens (including phenoxy) is 2. The van der Waals surface area contributed by atoms with Crippen LogP contribution in [0.25, 0.3) is 0 Å². The van der Waals surface area contributed by atoms with Gasteiger partial charge in [-0.2, -0.15) is 0 Å².